The van der Waals surface area contributed by atoms with E-state index in [1.807, 2.05) is 6.07 Å². The van der Waals surface area contributed by atoms with E-state index >= 15 is 0 Å². The number of ketones is 1. The van der Waals surface area contributed by atoms with Crippen molar-refractivity contribution < 1.29 is 4.79 Å². The molecule has 0 unspecified atom stereocenters. The van der Waals surface area contributed by atoms with Crippen molar-refractivity contribution in [3.05, 3.63) is 28.8 Å². The van der Waals surface area contributed by atoms with Crippen molar-refractivity contribution in [2.45, 2.75) is 12.8 Å². The fourth-order valence-corrected chi connectivity index (χ4v) is 1.68. The van der Waals surface area contributed by atoms with Gasteiger partial charge in [0.05, 0.1) is 0 Å². The third kappa shape index (κ3) is 2.20. The molecule has 0 amide bonds. The number of benzene rings is 1. The molecule has 0 saturated heterocycles. The number of hydrogen-bond donors (Lipinski definition) is 1. The highest BCUT2D eigenvalue weighted by Crippen LogP contribution is 2.24. The molecule has 2 nitrogen and oxygen atoms in total. The molecule has 0 spiro atoms. The summed E-state index contributed by atoms with van der Waals surface area (Å²) in [5.41, 5.74) is 1.64. The molecule has 0 bridgehead atoms. The third-order valence-electron chi connectivity index (χ3n) is 2.18. The lowest BCUT2D eigenvalue weighted by molar-refractivity contribution is 0.0984. The van der Waals surface area contributed by atoms with Crippen molar-refractivity contribution in [1.29, 1.82) is 0 Å². The number of fused-ring (bicyclic) bond motifs is 1. The predicted molar refractivity (Wildman–Crippen MR) is 60.8 cm³/mol. The summed E-state index contributed by atoms with van der Waals surface area (Å²) >= 11 is 5.82. The van der Waals surface area contributed by atoms with E-state index in [2.05, 4.69) is 5.32 Å². The van der Waals surface area contributed by atoms with Gasteiger partial charge in [0.25, 0.3) is 0 Å². The highest BCUT2D eigenvalue weighted by atomic mass is 35.5. The number of carbonyl (C=O) groups is 1. The van der Waals surface area contributed by atoms with E-state index in [1.54, 1.807) is 12.1 Å². The zero-order valence-corrected chi connectivity index (χ0v) is 9.12. The molecule has 0 aliphatic carbocycles. The molecule has 14 heavy (non-hydrogen) atoms. The Morgan fingerprint density at radius 2 is 2.14 bits per heavy atom. The van der Waals surface area contributed by atoms with Gasteiger partial charge in [-0.15, -0.1) is 12.4 Å². The van der Waals surface area contributed by atoms with Crippen LogP contribution in [0, 0.1) is 0 Å². The molecular formula is C10H11Cl2NO. The van der Waals surface area contributed by atoms with Gasteiger partial charge in [0.1, 0.15) is 0 Å². The molecular weight excluding hydrogens is 221 g/mol. The Labute approximate surface area is 94.1 Å². The lowest BCUT2D eigenvalue weighted by Gasteiger charge is -2.05. The Morgan fingerprint density at radius 1 is 1.36 bits per heavy atom. The topological polar surface area (TPSA) is 29.1 Å². The van der Waals surface area contributed by atoms with Crippen molar-refractivity contribution in [2.75, 3.05) is 11.9 Å². The van der Waals surface area contributed by atoms with Gasteiger partial charge in [-0.05, 0) is 24.6 Å². The highest BCUT2D eigenvalue weighted by Gasteiger charge is 2.14. The average molecular weight is 232 g/mol. The van der Waals surface area contributed by atoms with Gasteiger partial charge in [0.15, 0.2) is 5.78 Å². The summed E-state index contributed by atoms with van der Waals surface area (Å²) in [7, 11) is 0. The van der Waals surface area contributed by atoms with E-state index in [4.69, 9.17) is 11.6 Å². The number of anilines is 1. The number of Topliss-reactive ketones (excluding diaryl/α,β-unsaturated/α-hetero) is 1. The Bertz CT molecular complexity index is 352. The first kappa shape index (κ1) is 11.3. The van der Waals surface area contributed by atoms with Gasteiger partial charge in [-0.2, -0.15) is 0 Å². The quantitative estimate of drug-likeness (QED) is 0.744. The predicted octanol–water partition coefficient (Wildman–Crippen LogP) is 3.15. The molecule has 0 fully saturated rings. The zero-order valence-electron chi connectivity index (χ0n) is 7.55. The second kappa shape index (κ2) is 4.67. The minimum Gasteiger partial charge on any atom is -0.384 e. The van der Waals surface area contributed by atoms with E-state index in [0.29, 0.717) is 11.4 Å². The van der Waals surface area contributed by atoms with Crippen LogP contribution >= 0.6 is 24.0 Å². The van der Waals surface area contributed by atoms with Crippen LogP contribution < -0.4 is 5.32 Å². The van der Waals surface area contributed by atoms with Crippen LogP contribution in [0.25, 0.3) is 0 Å². The van der Waals surface area contributed by atoms with E-state index in [1.165, 1.54) is 0 Å². The minimum absolute atomic E-state index is 0. The maximum absolute atomic E-state index is 11.6. The smallest absolute Gasteiger partial charge is 0.165 e. The molecule has 2 rings (SSSR count). The normalized spacial score (nSPS) is 14.8. The fraction of sp³-hybridized carbons (Fsp3) is 0.300. The van der Waals surface area contributed by atoms with Crippen LogP contribution in [0.4, 0.5) is 5.69 Å². The lowest BCUT2D eigenvalue weighted by Crippen LogP contribution is -1.99. The van der Waals surface area contributed by atoms with Crippen LogP contribution in [0.5, 0.6) is 0 Å². The maximum Gasteiger partial charge on any atom is 0.165 e. The van der Waals surface area contributed by atoms with Crippen LogP contribution in [-0.4, -0.2) is 12.3 Å². The van der Waals surface area contributed by atoms with Crippen molar-refractivity contribution in [2.24, 2.45) is 0 Å². The Balaban J connectivity index is 0.000000980. The van der Waals surface area contributed by atoms with Gasteiger partial charge in [-0.25, -0.2) is 0 Å². The Morgan fingerprint density at radius 3 is 2.93 bits per heavy atom. The summed E-state index contributed by atoms with van der Waals surface area (Å²) in [4.78, 5) is 11.6. The van der Waals surface area contributed by atoms with Gasteiger partial charge >= 0.3 is 0 Å². The SMILES string of the molecule is Cl.O=C1CCCNc2ccc(Cl)cc21. The standard InChI is InChI=1S/C10H10ClNO.ClH/c11-7-3-4-9-8(6-7)10(13)2-1-5-12-9;/h3-4,6,12H,1-2,5H2;1H. The minimum atomic E-state index is 0. The summed E-state index contributed by atoms with van der Waals surface area (Å²) in [6, 6.07) is 5.39. The van der Waals surface area contributed by atoms with Gasteiger partial charge in [0, 0.05) is 29.2 Å². The first-order chi connectivity index (χ1) is 6.27. The zero-order chi connectivity index (χ0) is 9.26. The average Bonchev–Trinajstić information content (AvgIpc) is 2.29. The fourth-order valence-electron chi connectivity index (χ4n) is 1.51. The number of nitrogens with one attached hydrogen (secondary N) is 1. The van der Waals surface area contributed by atoms with E-state index in [9.17, 15) is 4.79 Å². The van der Waals surface area contributed by atoms with Crippen LogP contribution in [-0.2, 0) is 0 Å². The summed E-state index contributed by atoms with van der Waals surface area (Å²) in [6.07, 6.45) is 1.51. The molecule has 1 heterocycles. The summed E-state index contributed by atoms with van der Waals surface area (Å²) in [5.74, 6) is 0.183. The Kier molecular flexibility index (Phi) is 3.78. The lowest BCUT2D eigenvalue weighted by atomic mass is 10.1. The highest BCUT2D eigenvalue weighted by molar-refractivity contribution is 6.31. The Hall–Kier alpha value is -0.730. The van der Waals surface area contributed by atoms with Crippen LogP contribution in [0.15, 0.2) is 18.2 Å². The molecule has 1 aromatic rings. The molecule has 0 radical (unpaired) electrons. The second-order valence-corrected chi connectivity index (χ2v) is 3.58. The molecule has 76 valence electrons. The monoisotopic (exact) mass is 231 g/mol. The largest absolute Gasteiger partial charge is 0.384 e. The summed E-state index contributed by atoms with van der Waals surface area (Å²) in [6.45, 7) is 0.861. The number of hydrogen-bond acceptors (Lipinski definition) is 2. The molecule has 1 aromatic carbocycles. The number of rotatable bonds is 0. The first-order valence-electron chi connectivity index (χ1n) is 4.34. The molecule has 0 atom stereocenters. The maximum atomic E-state index is 11.6. The molecule has 1 aliphatic rings. The van der Waals surface area contributed by atoms with Gasteiger partial charge in [0.2, 0.25) is 0 Å². The molecule has 4 heteroatoms. The van der Waals surface area contributed by atoms with Crippen molar-refractivity contribution >= 4 is 35.5 Å². The van der Waals surface area contributed by atoms with Crippen molar-refractivity contribution in [3.63, 3.8) is 0 Å². The second-order valence-electron chi connectivity index (χ2n) is 3.14. The van der Waals surface area contributed by atoms with Crippen LogP contribution in [0.1, 0.15) is 23.2 Å². The third-order valence-corrected chi connectivity index (χ3v) is 2.41. The molecule has 0 saturated carbocycles. The van der Waals surface area contributed by atoms with Crippen molar-refractivity contribution in [3.8, 4) is 0 Å². The van der Waals surface area contributed by atoms with Gasteiger partial charge in [-0.3, -0.25) is 4.79 Å². The first-order valence-corrected chi connectivity index (χ1v) is 4.72. The van der Waals surface area contributed by atoms with Crippen LogP contribution in [0.3, 0.4) is 0 Å². The van der Waals surface area contributed by atoms with Gasteiger partial charge < -0.3 is 5.32 Å². The molecule has 1 N–H and O–H groups in total. The van der Waals surface area contributed by atoms with E-state index in [0.717, 1.165) is 24.2 Å². The van der Waals surface area contributed by atoms with Crippen LogP contribution in [0.2, 0.25) is 5.02 Å². The summed E-state index contributed by atoms with van der Waals surface area (Å²) in [5, 5.41) is 3.82. The van der Waals surface area contributed by atoms with Gasteiger partial charge in [-0.1, -0.05) is 11.6 Å². The molecule has 1 aliphatic heterocycles. The van der Waals surface area contributed by atoms with E-state index in [-0.39, 0.29) is 18.2 Å². The van der Waals surface area contributed by atoms with Crippen molar-refractivity contribution in [1.82, 2.24) is 0 Å². The van der Waals surface area contributed by atoms with E-state index < -0.39 is 0 Å². The number of halogens is 2. The summed E-state index contributed by atoms with van der Waals surface area (Å²) < 4.78 is 0. The number of carbonyl (C=O) groups excluding carboxylic acids is 1. The molecule has 0 aromatic heterocycles.